The second kappa shape index (κ2) is 10.8. The van der Waals surface area contributed by atoms with E-state index in [1.807, 2.05) is 60.7 Å². The average molecular weight is 474 g/mol. The molecule has 0 radical (unpaired) electrons. The van der Waals surface area contributed by atoms with Gasteiger partial charge in [-0.2, -0.15) is 0 Å². The molecule has 7 nitrogen and oxygen atoms in total. The zero-order chi connectivity index (χ0) is 23.9. The Morgan fingerprint density at radius 1 is 0.765 bits per heavy atom. The largest absolute Gasteiger partial charge is 0.493 e. The number of carbonyl (C=O) groups excluding carboxylic acids is 1. The van der Waals surface area contributed by atoms with Crippen molar-refractivity contribution in [2.45, 2.75) is 5.16 Å². The van der Waals surface area contributed by atoms with E-state index in [-0.39, 0.29) is 11.5 Å². The van der Waals surface area contributed by atoms with E-state index in [1.165, 1.54) is 33.1 Å². The molecule has 0 spiro atoms. The maximum Gasteiger partial charge on any atom is 0.210 e. The number of Topliss-reactive ketones (excluding diaryl/α,β-unsaturated/α-hetero) is 1. The zero-order valence-corrected chi connectivity index (χ0v) is 19.8. The number of ether oxygens (including phenoxy) is 3. The van der Waals surface area contributed by atoms with Gasteiger partial charge in [-0.15, -0.1) is 10.2 Å². The maximum atomic E-state index is 12.9. The molecule has 0 atom stereocenters. The van der Waals surface area contributed by atoms with Crippen molar-refractivity contribution in [2.75, 3.05) is 27.1 Å². The number of ketones is 1. The molecule has 0 unspecified atom stereocenters. The van der Waals surface area contributed by atoms with Gasteiger partial charge in [-0.1, -0.05) is 72.4 Å². The normalized spacial score (nSPS) is 10.6. The summed E-state index contributed by atoms with van der Waals surface area (Å²) < 4.78 is 16.0. The highest BCUT2D eigenvalue weighted by molar-refractivity contribution is 7.99. The fraction of sp³-hybridized carbons (Fsp3) is 0.154. The van der Waals surface area contributed by atoms with E-state index in [4.69, 9.17) is 19.2 Å². The quantitative estimate of drug-likeness (QED) is 0.242. The van der Waals surface area contributed by atoms with Crippen LogP contribution in [0.15, 0.2) is 78.0 Å². The molecule has 34 heavy (non-hydrogen) atoms. The summed E-state index contributed by atoms with van der Waals surface area (Å²) in [6.45, 7) is 0. The lowest BCUT2D eigenvalue weighted by molar-refractivity contribution is 0.102. The van der Waals surface area contributed by atoms with E-state index in [2.05, 4.69) is 10.2 Å². The van der Waals surface area contributed by atoms with E-state index in [0.29, 0.717) is 39.4 Å². The highest BCUT2D eigenvalue weighted by Gasteiger charge is 2.19. The highest BCUT2D eigenvalue weighted by Crippen LogP contribution is 2.38. The van der Waals surface area contributed by atoms with Crippen LogP contribution >= 0.6 is 11.8 Å². The fourth-order valence-corrected chi connectivity index (χ4v) is 4.10. The number of hydrogen-bond acceptors (Lipinski definition) is 8. The molecule has 0 aliphatic rings. The van der Waals surface area contributed by atoms with Crippen molar-refractivity contribution in [3.05, 3.63) is 78.4 Å². The van der Waals surface area contributed by atoms with Gasteiger partial charge in [0.2, 0.25) is 10.9 Å². The molecule has 0 saturated heterocycles. The first-order valence-electron chi connectivity index (χ1n) is 10.5. The molecule has 0 bridgehead atoms. The molecule has 0 aliphatic carbocycles. The minimum atomic E-state index is -0.124. The van der Waals surface area contributed by atoms with Crippen LogP contribution < -0.4 is 14.2 Å². The summed E-state index contributed by atoms with van der Waals surface area (Å²) in [5, 5.41) is 9.15. The zero-order valence-electron chi connectivity index (χ0n) is 19.0. The smallest absolute Gasteiger partial charge is 0.210 e. The van der Waals surface area contributed by atoms with Crippen molar-refractivity contribution in [1.29, 1.82) is 0 Å². The monoisotopic (exact) mass is 473 g/mol. The highest BCUT2D eigenvalue weighted by atomic mass is 32.2. The molecule has 3 aromatic carbocycles. The van der Waals surface area contributed by atoms with Gasteiger partial charge >= 0.3 is 0 Å². The fourth-order valence-electron chi connectivity index (χ4n) is 3.42. The van der Waals surface area contributed by atoms with Crippen molar-refractivity contribution in [1.82, 2.24) is 15.2 Å². The molecule has 0 N–H and O–H groups in total. The minimum Gasteiger partial charge on any atom is -0.493 e. The van der Waals surface area contributed by atoms with Gasteiger partial charge in [-0.05, 0) is 12.1 Å². The summed E-state index contributed by atoms with van der Waals surface area (Å²) in [6, 6.07) is 22.9. The van der Waals surface area contributed by atoms with E-state index in [0.717, 1.165) is 11.1 Å². The second-order valence-corrected chi connectivity index (χ2v) is 8.09. The molecular formula is C26H23N3O4S. The Bertz CT molecular complexity index is 1260. The Hall–Kier alpha value is -3.91. The van der Waals surface area contributed by atoms with E-state index < -0.39 is 0 Å². The Morgan fingerprint density at radius 2 is 1.32 bits per heavy atom. The first-order chi connectivity index (χ1) is 16.6. The molecule has 0 aliphatic heterocycles. The van der Waals surface area contributed by atoms with E-state index in [9.17, 15) is 4.79 Å². The van der Waals surface area contributed by atoms with Crippen LogP contribution in [-0.2, 0) is 0 Å². The number of aromatic nitrogens is 3. The number of methoxy groups -OCH3 is 3. The molecule has 4 rings (SSSR count). The summed E-state index contributed by atoms with van der Waals surface area (Å²) in [5.74, 6) is 1.28. The molecule has 1 heterocycles. The van der Waals surface area contributed by atoms with Gasteiger partial charge < -0.3 is 14.2 Å². The first kappa shape index (κ1) is 23.3. The van der Waals surface area contributed by atoms with Crippen molar-refractivity contribution < 1.29 is 19.0 Å². The SMILES string of the molecule is COc1cc(C(=O)CSc2nnc(-c3ccccc3)c(-c3ccccc3)n2)cc(OC)c1OC. The van der Waals surface area contributed by atoms with Crippen LogP contribution in [0.2, 0.25) is 0 Å². The molecule has 8 heteroatoms. The van der Waals surface area contributed by atoms with Crippen LogP contribution in [0.3, 0.4) is 0 Å². The minimum absolute atomic E-state index is 0.124. The lowest BCUT2D eigenvalue weighted by Gasteiger charge is -2.13. The Balaban J connectivity index is 1.61. The molecule has 0 amide bonds. The third-order valence-corrected chi connectivity index (χ3v) is 5.92. The van der Waals surface area contributed by atoms with Gasteiger partial charge in [0.25, 0.3) is 0 Å². The Morgan fingerprint density at radius 3 is 1.85 bits per heavy atom. The van der Waals surface area contributed by atoms with E-state index >= 15 is 0 Å². The predicted octanol–water partition coefficient (Wildman–Crippen LogP) is 5.21. The molecule has 4 aromatic rings. The van der Waals surface area contributed by atoms with Crippen LogP contribution in [0.25, 0.3) is 22.5 Å². The van der Waals surface area contributed by atoms with Crippen molar-refractivity contribution in [2.24, 2.45) is 0 Å². The average Bonchev–Trinajstić information content (AvgIpc) is 2.91. The van der Waals surface area contributed by atoms with Crippen LogP contribution in [0.1, 0.15) is 10.4 Å². The predicted molar refractivity (Wildman–Crippen MR) is 132 cm³/mol. The number of hydrogen-bond donors (Lipinski definition) is 0. The number of benzene rings is 3. The summed E-state index contributed by atoms with van der Waals surface area (Å²) in [6.07, 6.45) is 0. The van der Waals surface area contributed by atoms with E-state index in [1.54, 1.807) is 12.1 Å². The molecule has 1 aromatic heterocycles. The van der Waals surface area contributed by atoms with Crippen molar-refractivity contribution >= 4 is 17.5 Å². The van der Waals surface area contributed by atoms with Crippen LogP contribution in [0, 0.1) is 0 Å². The van der Waals surface area contributed by atoms with Crippen molar-refractivity contribution in [3.8, 4) is 39.8 Å². The third-order valence-electron chi connectivity index (χ3n) is 5.08. The van der Waals surface area contributed by atoms with Crippen LogP contribution in [-0.4, -0.2) is 48.0 Å². The number of nitrogens with zero attached hydrogens (tertiary/aromatic N) is 3. The molecular weight excluding hydrogens is 450 g/mol. The standard InChI is InChI=1S/C26H23N3O4S/c1-31-21-14-19(15-22(32-2)25(21)33-3)20(30)16-34-26-27-23(17-10-6-4-7-11-17)24(28-29-26)18-12-8-5-9-13-18/h4-15H,16H2,1-3H3. The van der Waals surface area contributed by atoms with Gasteiger partial charge in [-0.3, -0.25) is 4.79 Å². The first-order valence-corrected chi connectivity index (χ1v) is 11.4. The maximum absolute atomic E-state index is 12.9. The summed E-state index contributed by atoms with van der Waals surface area (Å²) in [5.41, 5.74) is 3.69. The van der Waals surface area contributed by atoms with Gasteiger partial charge in [0.05, 0.1) is 27.1 Å². The molecule has 0 fully saturated rings. The summed E-state index contributed by atoms with van der Waals surface area (Å²) in [4.78, 5) is 17.7. The number of carbonyl (C=O) groups is 1. The molecule has 172 valence electrons. The van der Waals surface area contributed by atoms with Crippen LogP contribution in [0.5, 0.6) is 17.2 Å². The van der Waals surface area contributed by atoms with Crippen LogP contribution in [0.4, 0.5) is 0 Å². The van der Waals surface area contributed by atoms with Gasteiger partial charge in [0.1, 0.15) is 11.4 Å². The number of thioether (sulfide) groups is 1. The van der Waals surface area contributed by atoms with Gasteiger partial charge in [-0.25, -0.2) is 4.98 Å². The Kier molecular flexibility index (Phi) is 7.39. The van der Waals surface area contributed by atoms with Gasteiger partial charge in [0.15, 0.2) is 17.3 Å². The summed E-state index contributed by atoms with van der Waals surface area (Å²) >= 11 is 1.23. The van der Waals surface area contributed by atoms with Gasteiger partial charge in [0, 0.05) is 16.7 Å². The lowest BCUT2D eigenvalue weighted by Crippen LogP contribution is -2.06. The third kappa shape index (κ3) is 5.02. The van der Waals surface area contributed by atoms with Crippen molar-refractivity contribution in [3.63, 3.8) is 0 Å². The number of rotatable bonds is 9. The Labute approximate surface area is 202 Å². The molecule has 0 saturated carbocycles. The topological polar surface area (TPSA) is 83.4 Å². The second-order valence-electron chi connectivity index (χ2n) is 7.15. The summed E-state index contributed by atoms with van der Waals surface area (Å²) in [7, 11) is 4.55. The lowest BCUT2D eigenvalue weighted by atomic mass is 10.0.